The van der Waals surface area contributed by atoms with Crippen LogP contribution in [0.4, 0.5) is 0 Å². The van der Waals surface area contributed by atoms with Gasteiger partial charge in [-0.05, 0) is 41.4 Å². The molecule has 2 rings (SSSR count). The van der Waals surface area contributed by atoms with Gasteiger partial charge in [0.05, 0.1) is 0 Å². The fraction of sp³-hybridized carbons (Fsp3) is 1.00. The first kappa shape index (κ1) is 9.55. The maximum Gasteiger partial charge on any atom is -0.0209 e. The van der Waals surface area contributed by atoms with E-state index in [4.69, 9.17) is 0 Å². The second-order valence-electron chi connectivity index (χ2n) is 5.73. The lowest BCUT2D eigenvalue weighted by molar-refractivity contribution is 0.00137. The minimum absolute atomic E-state index is 0.800. The Kier molecular flexibility index (Phi) is 2.02. The molecule has 0 bridgehead atoms. The van der Waals surface area contributed by atoms with Gasteiger partial charge >= 0.3 is 0 Å². The number of hydrogen-bond acceptors (Lipinski definition) is 0. The predicted molar refractivity (Wildman–Crippen MR) is 57.5 cm³/mol. The summed E-state index contributed by atoms with van der Waals surface area (Å²) in [6, 6.07) is 0. The molecule has 0 saturated heterocycles. The number of rotatable bonds is 2. The zero-order valence-corrected chi connectivity index (χ0v) is 9.80. The summed E-state index contributed by atoms with van der Waals surface area (Å²) in [6.45, 7) is 12.2. The Morgan fingerprint density at radius 3 is 2.00 bits per heavy atom. The van der Waals surface area contributed by atoms with Crippen LogP contribution in [-0.4, -0.2) is 0 Å². The molecule has 2 fully saturated rings. The van der Waals surface area contributed by atoms with E-state index >= 15 is 0 Å². The van der Waals surface area contributed by atoms with Crippen molar-refractivity contribution in [3.63, 3.8) is 0 Å². The molecular weight excluding hydrogens is 156 g/mol. The molecule has 0 aliphatic heterocycles. The lowest BCUT2D eigenvalue weighted by Crippen LogP contribution is -2.42. The van der Waals surface area contributed by atoms with Crippen LogP contribution >= 0.6 is 0 Å². The summed E-state index contributed by atoms with van der Waals surface area (Å²) in [5.41, 5.74) is 0.800. The first-order valence-electron chi connectivity index (χ1n) is 6.05. The molecule has 0 aromatic heterocycles. The Labute approximate surface area is 83.1 Å². The van der Waals surface area contributed by atoms with E-state index in [0.29, 0.717) is 0 Å². The minimum Gasteiger partial charge on any atom is -0.0651 e. The topological polar surface area (TPSA) is 0 Å². The molecule has 5 atom stereocenters. The van der Waals surface area contributed by atoms with Crippen LogP contribution in [0.5, 0.6) is 0 Å². The maximum atomic E-state index is 2.50. The third-order valence-electron chi connectivity index (χ3n) is 5.79. The van der Waals surface area contributed by atoms with E-state index in [1.165, 1.54) is 12.8 Å². The normalized spacial score (nSPS) is 56.1. The highest BCUT2D eigenvalue weighted by Gasteiger charge is 2.69. The average Bonchev–Trinajstić information content (AvgIpc) is 2.67. The quantitative estimate of drug-likeness (QED) is 0.603. The van der Waals surface area contributed by atoms with Crippen molar-refractivity contribution in [2.45, 2.75) is 47.5 Å². The molecular formula is C13H24. The van der Waals surface area contributed by atoms with E-state index in [0.717, 1.165) is 35.0 Å². The van der Waals surface area contributed by atoms with E-state index in [9.17, 15) is 0 Å². The number of hydrogen-bond donors (Lipinski definition) is 0. The van der Waals surface area contributed by atoms with E-state index in [1.807, 2.05) is 0 Å². The van der Waals surface area contributed by atoms with Gasteiger partial charge in [-0.1, -0.05) is 41.0 Å². The Morgan fingerprint density at radius 1 is 1.15 bits per heavy atom. The zero-order valence-electron chi connectivity index (χ0n) is 9.80. The highest BCUT2D eigenvalue weighted by atomic mass is 14.7. The molecule has 0 N–H and O–H groups in total. The third-order valence-corrected chi connectivity index (χ3v) is 5.79. The van der Waals surface area contributed by atoms with Crippen LogP contribution in [0, 0.1) is 35.0 Å². The summed E-state index contributed by atoms with van der Waals surface area (Å²) in [6.07, 6.45) is 2.90. The first-order valence-corrected chi connectivity index (χ1v) is 6.05. The van der Waals surface area contributed by atoms with Gasteiger partial charge in [0.1, 0.15) is 0 Å². The van der Waals surface area contributed by atoms with Crippen LogP contribution in [0.1, 0.15) is 47.5 Å². The van der Waals surface area contributed by atoms with Crippen LogP contribution in [0.15, 0.2) is 0 Å². The lowest BCUT2D eigenvalue weighted by atomic mass is 9.56. The van der Waals surface area contributed by atoms with Gasteiger partial charge < -0.3 is 0 Å². The molecule has 0 heteroatoms. The van der Waals surface area contributed by atoms with Crippen LogP contribution < -0.4 is 0 Å². The fourth-order valence-corrected chi connectivity index (χ4v) is 4.10. The van der Waals surface area contributed by atoms with Gasteiger partial charge in [0.15, 0.2) is 0 Å². The molecule has 0 aromatic carbocycles. The molecule has 0 heterocycles. The van der Waals surface area contributed by atoms with Gasteiger partial charge in [-0.3, -0.25) is 0 Å². The molecule has 0 amide bonds. The summed E-state index contributed by atoms with van der Waals surface area (Å²) in [5.74, 6) is 5.04. The largest absolute Gasteiger partial charge is 0.0651 e. The maximum absolute atomic E-state index is 2.50. The molecule has 0 radical (unpaired) electrons. The fourth-order valence-electron chi connectivity index (χ4n) is 4.10. The molecule has 0 nitrogen and oxygen atoms in total. The van der Waals surface area contributed by atoms with Crippen LogP contribution in [0.3, 0.4) is 0 Å². The van der Waals surface area contributed by atoms with Gasteiger partial charge in [0, 0.05) is 0 Å². The molecule has 1 spiro atoms. The summed E-state index contributed by atoms with van der Waals surface area (Å²) < 4.78 is 0. The van der Waals surface area contributed by atoms with Gasteiger partial charge in [0.25, 0.3) is 0 Å². The van der Waals surface area contributed by atoms with Crippen molar-refractivity contribution < 1.29 is 0 Å². The Bertz CT molecular complexity index is 198. The van der Waals surface area contributed by atoms with E-state index in [-0.39, 0.29) is 0 Å². The highest BCUT2D eigenvalue weighted by molar-refractivity contribution is 5.17. The predicted octanol–water partition coefficient (Wildman–Crippen LogP) is 3.96. The van der Waals surface area contributed by atoms with Crippen molar-refractivity contribution >= 4 is 0 Å². The molecule has 76 valence electrons. The van der Waals surface area contributed by atoms with Crippen LogP contribution in [-0.2, 0) is 0 Å². The first-order chi connectivity index (χ1) is 6.05. The Balaban J connectivity index is 1.98. The summed E-state index contributed by atoms with van der Waals surface area (Å²) in [5, 5.41) is 0. The van der Waals surface area contributed by atoms with Crippen molar-refractivity contribution in [1.82, 2.24) is 0 Å². The highest BCUT2D eigenvalue weighted by Crippen LogP contribution is 2.75. The van der Waals surface area contributed by atoms with Gasteiger partial charge in [-0.2, -0.15) is 0 Å². The van der Waals surface area contributed by atoms with Crippen LogP contribution in [0.2, 0.25) is 0 Å². The van der Waals surface area contributed by atoms with E-state index in [2.05, 4.69) is 34.6 Å². The minimum atomic E-state index is 0.800. The average molecular weight is 180 g/mol. The van der Waals surface area contributed by atoms with Crippen molar-refractivity contribution in [1.29, 1.82) is 0 Å². The SMILES string of the molecule is CCC(C)C1CC2(C1C)C(C)C2C. The summed E-state index contributed by atoms with van der Waals surface area (Å²) in [4.78, 5) is 0. The van der Waals surface area contributed by atoms with Crippen molar-refractivity contribution in [3.8, 4) is 0 Å². The van der Waals surface area contributed by atoms with Gasteiger partial charge in [0.2, 0.25) is 0 Å². The van der Waals surface area contributed by atoms with Crippen LogP contribution in [0.25, 0.3) is 0 Å². The standard InChI is InChI=1S/C13H24/c1-6-8(2)12-7-13(11(12)5)9(3)10(13)4/h8-12H,6-7H2,1-5H3. The zero-order chi connectivity index (χ0) is 9.80. The second kappa shape index (κ2) is 2.74. The third kappa shape index (κ3) is 0.980. The molecule has 13 heavy (non-hydrogen) atoms. The Morgan fingerprint density at radius 2 is 1.69 bits per heavy atom. The molecule has 2 saturated carbocycles. The lowest BCUT2D eigenvalue weighted by Gasteiger charge is -2.48. The van der Waals surface area contributed by atoms with Gasteiger partial charge in [-0.15, -0.1) is 0 Å². The molecule has 0 aromatic rings. The Hall–Kier alpha value is 0. The second-order valence-corrected chi connectivity index (χ2v) is 5.73. The van der Waals surface area contributed by atoms with Crippen molar-refractivity contribution in [3.05, 3.63) is 0 Å². The summed E-state index contributed by atoms with van der Waals surface area (Å²) >= 11 is 0. The smallest absolute Gasteiger partial charge is 0.0209 e. The molecule has 2 aliphatic carbocycles. The van der Waals surface area contributed by atoms with E-state index < -0.39 is 0 Å². The van der Waals surface area contributed by atoms with Crippen molar-refractivity contribution in [2.75, 3.05) is 0 Å². The van der Waals surface area contributed by atoms with Gasteiger partial charge in [-0.25, -0.2) is 0 Å². The monoisotopic (exact) mass is 180 g/mol. The molecule has 5 unspecified atom stereocenters. The summed E-state index contributed by atoms with van der Waals surface area (Å²) in [7, 11) is 0. The van der Waals surface area contributed by atoms with Crippen molar-refractivity contribution in [2.24, 2.45) is 35.0 Å². The molecule has 2 aliphatic rings. The van der Waals surface area contributed by atoms with E-state index in [1.54, 1.807) is 0 Å².